The van der Waals surface area contributed by atoms with Crippen LogP contribution in [0.5, 0.6) is 5.75 Å². The zero-order chi connectivity index (χ0) is 19.1. The molecule has 7 nitrogen and oxygen atoms in total. The first-order chi connectivity index (χ1) is 12.4. The van der Waals surface area contributed by atoms with Crippen LogP contribution in [0, 0.1) is 28.4 Å². The monoisotopic (exact) mass is 351 g/mol. The number of carbonyl (C=O) groups is 1. The van der Waals surface area contributed by atoms with Crippen molar-refractivity contribution >= 4 is 17.7 Å². The molecule has 1 amide bonds. The van der Waals surface area contributed by atoms with Crippen molar-refractivity contribution < 1.29 is 14.5 Å². The normalized spacial score (nSPS) is 10.7. The Morgan fingerprint density at radius 1 is 1.31 bits per heavy atom. The molecule has 0 aliphatic carbocycles. The standard InChI is InChI=1S/C19H17N3O4/c1-13-3-4-15(10-18(13)22(24)25)9-16(11-20)19(23)21-12-14-5-7-17(26-2)8-6-14/h3-10H,12H2,1-2H3,(H,21,23)/b16-9-. The molecule has 0 unspecified atom stereocenters. The van der Waals surface area contributed by atoms with E-state index in [0.717, 1.165) is 5.56 Å². The Kier molecular flexibility index (Phi) is 6.06. The number of nitrogens with one attached hydrogen (secondary N) is 1. The number of nitro benzene ring substituents is 1. The highest BCUT2D eigenvalue weighted by atomic mass is 16.6. The molecule has 0 aliphatic heterocycles. The fourth-order valence-corrected chi connectivity index (χ4v) is 2.25. The van der Waals surface area contributed by atoms with Gasteiger partial charge in [-0.3, -0.25) is 14.9 Å². The van der Waals surface area contributed by atoms with Crippen LogP contribution in [0.4, 0.5) is 5.69 Å². The molecule has 0 radical (unpaired) electrons. The van der Waals surface area contributed by atoms with Crippen LogP contribution in [0.1, 0.15) is 16.7 Å². The molecule has 0 fully saturated rings. The topological polar surface area (TPSA) is 105 Å². The van der Waals surface area contributed by atoms with E-state index in [0.29, 0.717) is 16.9 Å². The molecule has 0 aliphatic rings. The van der Waals surface area contributed by atoms with Crippen LogP contribution in [-0.4, -0.2) is 17.9 Å². The van der Waals surface area contributed by atoms with Gasteiger partial charge in [-0.1, -0.05) is 24.3 Å². The molecule has 0 atom stereocenters. The average molecular weight is 351 g/mol. The lowest BCUT2D eigenvalue weighted by Gasteiger charge is -2.06. The molecule has 26 heavy (non-hydrogen) atoms. The van der Waals surface area contributed by atoms with E-state index in [4.69, 9.17) is 4.74 Å². The molecule has 2 aromatic carbocycles. The van der Waals surface area contributed by atoms with Gasteiger partial charge in [0, 0.05) is 18.2 Å². The number of ether oxygens (including phenoxy) is 1. The largest absolute Gasteiger partial charge is 0.497 e. The SMILES string of the molecule is COc1ccc(CNC(=O)/C(C#N)=C\c2ccc(C)c([N+](=O)[O-])c2)cc1. The summed E-state index contributed by atoms with van der Waals surface area (Å²) < 4.78 is 5.06. The highest BCUT2D eigenvalue weighted by Gasteiger charge is 2.13. The summed E-state index contributed by atoms with van der Waals surface area (Å²) in [7, 11) is 1.57. The van der Waals surface area contributed by atoms with E-state index in [1.165, 1.54) is 12.1 Å². The second kappa shape index (κ2) is 8.44. The van der Waals surface area contributed by atoms with Gasteiger partial charge in [-0.15, -0.1) is 0 Å². The maximum atomic E-state index is 12.2. The van der Waals surface area contributed by atoms with Gasteiger partial charge in [0.2, 0.25) is 0 Å². The molecular weight excluding hydrogens is 334 g/mol. The predicted molar refractivity (Wildman–Crippen MR) is 96.3 cm³/mol. The summed E-state index contributed by atoms with van der Waals surface area (Å²) in [5.41, 5.74) is 1.59. The third-order valence-corrected chi connectivity index (χ3v) is 3.72. The Labute approximate surface area is 150 Å². The zero-order valence-corrected chi connectivity index (χ0v) is 14.4. The predicted octanol–water partition coefficient (Wildman–Crippen LogP) is 3.14. The number of nitro groups is 1. The maximum absolute atomic E-state index is 12.2. The Morgan fingerprint density at radius 3 is 2.58 bits per heavy atom. The zero-order valence-electron chi connectivity index (χ0n) is 14.4. The Morgan fingerprint density at radius 2 is 2.00 bits per heavy atom. The van der Waals surface area contributed by atoms with Crippen LogP contribution >= 0.6 is 0 Å². The number of nitriles is 1. The number of hydrogen-bond donors (Lipinski definition) is 1. The summed E-state index contributed by atoms with van der Waals surface area (Å²) in [4.78, 5) is 22.7. The minimum Gasteiger partial charge on any atom is -0.497 e. The first-order valence-electron chi connectivity index (χ1n) is 7.72. The summed E-state index contributed by atoms with van der Waals surface area (Å²) in [5.74, 6) is 0.158. The first-order valence-corrected chi connectivity index (χ1v) is 7.72. The molecule has 0 spiro atoms. The number of rotatable bonds is 6. The smallest absolute Gasteiger partial charge is 0.272 e. The molecule has 0 heterocycles. The van der Waals surface area contributed by atoms with Crippen LogP contribution in [0.25, 0.3) is 6.08 Å². The highest BCUT2D eigenvalue weighted by Crippen LogP contribution is 2.21. The molecule has 132 valence electrons. The van der Waals surface area contributed by atoms with Crippen molar-refractivity contribution in [3.05, 3.63) is 74.8 Å². The van der Waals surface area contributed by atoms with Crippen LogP contribution in [-0.2, 0) is 11.3 Å². The molecule has 0 aromatic heterocycles. The van der Waals surface area contributed by atoms with Gasteiger partial charge in [-0.25, -0.2) is 0 Å². The minimum absolute atomic E-state index is 0.0605. The number of aryl methyl sites for hydroxylation is 1. The maximum Gasteiger partial charge on any atom is 0.272 e. The van der Waals surface area contributed by atoms with Crippen molar-refractivity contribution in [3.63, 3.8) is 0 Å². The van der Waals surface area contributed by atoms with Gasteiger partial charge in [0.15, 0.2) is 0 Å². The number of hydrogen-bond acceptors (Lipinski definition) is 5. The number of methoxy groups -OCH3 is 1. The summed E-state index contributed by atoms with van der Waals surface area (Å²) in [6.45, 7) is 1.87. The van der Waals surface area contributed by atoms with Crippen molar-refractivity contribution in [2.24, 2.45) is 0 Å². The Hall–Kier alpha value is -3.66. The van der Waals surface area contributed by atoms with Crippen molar-refractivity contribution in [2.75, 3.05) is 7.11 Å². The van der Waals surface area contributed by atoms with Gasteiger partial charge < -0.3 is 10.1 Å². The van der Waals surface area contributed by atoms with E-state index in [1.54, 1.807) is 50.4 Å². The molecule has 0 bridgehead atoms. The van der Waals surface area contributed by atoms with Gasteiger partial charge >= 0.3 is 0 Å². The van der Waals surface area contributed by atoms with E-state index >= 15 is 0 Å². The molecule has 2 rings (SSSR count). The summed E-state index contributed by atoms with van der Waals surface area (Å²) in [5, 5.41) is 22.9. The van der Waals surface area contributed by atoms with Gasteiger partial charge in [-0.05, 0) is 36.3 Å². The number of carbonyl (C=O) groups excluding carboxylic acids is 1. The number of nitrogens with zero attached hydrogens (tertiary/aromatic N) is 2. The first kappa shape index (κ1) is 18.7. The van der Waals surface area contributed by atoms with Gasteiger partial charge in [0.25, 0.3) is 11.6 Å². The fourth-order valence-electron chi connectivity index (χ4n) is 2.25. The molecule has 0 saturated heterocycles. The minimum atomic E-state index is -0.549. The summed E-state index contributed by atoms with van der Waals surface area (Å²) >= 11 is 0. The summed E-state index contributed by atoms with van der Waals surface area (Å²) in [6.07, 6.45) is 1.33. The van der Waals surface area contributed by atoms with E-state index < -0.39 is 10.8 Å². The van der Waals surface area contributed by atoms with Crippen molar-refractivity contribution in [3.8, 4) is 11.8 Å². The third kappa shape index (κ3) is 4.68. The van der Waals surface area contributed by atoms with Gasteiger partial charge in [-0.2, -0.15) is 5.26 Å². The van der Waals surface area contributed by atoms with Crippen molar-refractivity contribution in [2.45, 2.75) is 13.5 Å². The quantitative estimate of drug-likeness (QED) is 0.372. The lowest BCUT2D eigenvalue weighted by Crippen LogP contribution is -2.23. The second-order valence-electron chi connectivity index (χ2n) is 5.50. The number of benzene rings is 2. The fraction of sp³-hybridized carbons (Fsp3) is 0.158. The van der Waals surface area contributed by atoms with E-state index in [1.807, 2.05) is 6.07 Å². The molecule has 1 N–H and O–H groups in total. The van der Waals surface area contributed by atoms with Crippen LogP contribution in [0.3, 0.4) is 0 Å². The lowest BCUT2D eigenvalue weighted by atomic mass is 10.1. The van der Waals surface area contributed by atoms with Crippen molar-refractivity contribution in [1.82, 2.24) is 5.32 Å². The van der Waals surface area contributed by atoms with Crippen LogP contribution in [0.15, 0.2) is 48.0 Å². The van der Waals surface area contributed by atoms with Crippen molar-refractivity contribution in [1.29, 1.82) is 5.26 Å². The molecule has 0 saturated carbocycles. The van der Waals surface area contributed by atoms with Crippen LogP contribution < -0.4 is 10.1 Å². The average Bonchev–Trinajstić information content (AvgIpc) is 2.65. The van der Waals surface area contributed by atoms with E-state index in [9.17, 15) is 20.2 Å². The summed E-state index contributed by atoms with van der Waals surface area (Å²) in [6, 6.07) is 13.5. The molecular formula is C19H17N3O4. The lowest BCUT2D eigenvalue weighted by molar-refractivity contribution is -0.385. The van der Waals surface area contributed by atoms with E-state index in [2.05, 4.69) is 5.32 Å². The molecule has 7 heteroatoms. The molecule has 2 aromatic rings. The third-order valence-electron chi connectivity index (χ3n) is 3.72. The highest BCUT2D eigenvalue weighted by molar-refractivity contribution is 6.01. The van der Waals surface area contributed by atoms with Gasteiger partial charge in [0.05, 0.1) is 12.0 Å². The van der Waals surface area contributed by atoms with Crippen LogP contribution in [0.2, 0.25) is 0 Å². The Balaban J connectivity index is 2.12. The Bertz CT molecular complexity index is 896. The van der Waals surface area contributed by atoms with E-state index in [-0.39, 0.29) is 17.8 Å². The second-order valence-corrected chi connectivity index (χ2v) is 5.50. The number of amides is 1. The van der Waals surface area contributed by atoms with Gasteiger partial charge in [0.1, 0.15) is 17.4 Å².